The number of carbonyl (C=O) groups is 1. The molecule has 0 fully saturated rings. The Hall–Kier alpha value is -1.55. The topological polar surface area (TPSA) is 64.3 Å². The van der Waals surface area contributed by atoms with Crippen LogP contribution < -0.4 is 15.8 Å². The van der Waals surface area contributed by atoms with Crippen molar-refractivity contribution < 1.29 is 9.53 Å². The highest BCUT2D eigenvalue weighted by Crippen LogP contribution is 2.14. The van der Waals surface area contributed by atoms with Gasteiger partial charge in [0.25, 0.3) is 5.91 Å². The SMILES string of the molecule is CCC(N)Cc1cccc(OCC(=O)NC)c1. The smallest absolute Gasteiger partial charge is 0.257 e. The van der Waals surface area contributed by atoms with Crippen molar-refractivity contribution in [2.75, 3.05) is 13.7 Å². The molecule has 4 nitrogen and oxygen atoms in total. The molecule has 0 spiro atoms. The highest BCUT2D eigenvalue weighted by atomic mass is 16.5. The van der Waals surface area contributed by atoms with Crippen LogP contribution in [0, 0.1) is 0 Å². The molecule has 1 atom stereocenters. The fourth-order valence-electron chi connectivity index (χ4n) is 1.43. The number of rotatable bonds is 6. The standard InChI is InChI=1S/C13H20N2O2/c1-3-11(14)7-10-5-4-6-12(8-10)17-9-13(16)15-2/h4-6,8,11H,3,7,9,14H2,1-2H3,(H,15,16). The highest BCUT2D eigenvalue weighted by Gasteiger charge is 2.04. The molecule has 1 aromatic rings. The lowest BCUT2D eigenvalue weighted by Crippen LogP contribution is -2.25. The summed E-state index contributed by atoms with van der Waals surface area (Å²) < 4.78 is 5.36. The van der Waals surface area contributed by atoms with Crippen LogP contribution in [0.5, 0.6) is 5.75 Å². The van der Waals surface area contributed by atoms with Crippen molar-refractivity contribution >= 4 is 5.91 Å². The number of hydrogen-bond donors (Lipinski definition) is 2. The average Bonchev–Trinajstić information content (AvgIpc) is 2.36. The second-order valence-electron chi connectivity index (χ2n) is 3.98. The van der Waals surface area contributed by atoms with Gasteiger partial charge in [-0.1, -0.05) is 19.1 Å². The normalized spacial score (nSPS) is 11.9. The molecule has 0 aromatic heterocycles. The molecule has 0 aliphatic rings. The Kier molecular flexibility index (Phi) is 5.49. The Morgan fingerprint density at radius 1 is 1.53 bits per heavy atom. The predicted molar refractivity (Wildman–Crippen MR) is 68.0 cm³/mol. The lowest BCUT2D eigenvalue weighted by Gasteiger charge is -2.10. The molecule has 3 N–H and O–H groups in total. The van der Waals surface area contributed by atoms with E-state index in [1.54, 1.807) is 7.05 Å². The molecular weight excluding hydrogens is 216 g/mol. The van der Waals surface area contributed by atoms with E-state index in [0.717, 1.165) is 18.4 Å². The molecule has 0 heterocycles. The van der Waals surface area contributed by atoms with Crippen LogP contribution >= 0.6 is 0 Å². The Morgan fingerprint density at radius 2 is 2.29 bits per heavy atom. The number of ether oxygens (including phenoxy) is 1. The van der Waals surface area contributed by atoms with Crippen LogP contribution in [0.4, 0.5) is 0 Å². The zero-order valence-electron chi connectivity index (χ0n) is 10.4. The number of nitrogens with one attached hydrogen (secondary N) is 1. The van der Waals surface area contributed by atoms with E-state index < -0.39 is 0 Å². The second kappa shape index (κ2) is 6.91. The van der Waals surface area contributed by atoms with Gasteiger partial charge in [-0.15, -0.1) is 0 Å². The van der Waals surface area contributed by atoms with Gasteiger partial charge < -0.3 is 15.8 Å². The van der Waals surface area contributed by atoms with Crippen molar-refractivity contribution in [3.8, 4) is 5.75 Å². The average molecular weight is 236 g/mol. The summed E-state index contributed by atoms with van der Waals surface area (Å²) >= 11 is 0. The molecule has 94 valence electrons. The van der Waals surface area contributed by atoms with Crippen molar-refractivity contribution in [3.63, 3.8) is 0 Å². The van der Waals surface area contributed by atoms with Gasteiger partial charge in [-0.05, 0) is 30.5 Å². The summed E-state index contributed by atoms with van der Waals surface area (Å²) in [6.45, 7) is 2.11. The maximum Gasteiger partial charge on any atom is 0.257 e. The van der Waals surface area contributed by atoms with E-state index in [0.29, 0.717) is 5.75 Å². The first-order valence-corrected chi connectivity index (χ1v) is 5.83. The van der Waals surface area contributed by atoms with Crippen LogP contribution in [0.3, 0.4) is 0 Å². The van der Waals surface area contributed by atoms with Gasteiger partial charge in [-0.2, -0.15) is 0 Å². The Balaban J connectivity index is 2.56. The number of benzene rings is 1. The number of carbonyl (C=O) groups excluding carboxylic acids is 1. The number of likely N-dealkylation sites (N-methyl/N-ethyl adjacent to an activating group) is 1. The Bertz CT molecular complexity index is 366. The van der Waals surface area contributed by atoms with Crippen molar-refractivity contribution in [1.29, 1.82) is 0 Å². The van der Waals surface area contributed by atoms with Crippen LogP contribution in [0.15, 0.2) is 24.3 Å². The third-order valence-electron chi connectivity index (χ3n) is 2.57. The molecule has 4 heteroatoms. The van der Waals surface area contributed by atoms with Crippen molar-refractivity contribution in [2.45, 2.75) is 25.8 Å². The zero-order valence-corrected chi connectivity index (χ0v) is 10.4. The van der Waals surface area contributed by atoms with Gasteiger partial charge in [0.05, 0.1) is 0 Å². The molecule has 1 amide bonds. The van der Waals surface area contributed by atoms with Gasteiger partial charge in [0, 0.05) is 13.1 Å². The number of hydrogen-bond acceptors (Lipinski definition) is 3. The third kappa shape index (κ3) is 4.87. The summed E-state index contributed by atoms with van der Waals surface area (Å²) in [6, 6.07) is 7.87. The Morgan fingerprint density at radius 3 is 2.94 bits per heavy atom. The van der Waals surface area contributed by atoms with Crippen LogP contribution in [-0.4, -0.2) is 25.6 Å². The number of nitrogens with two attached hydrogens (primary N) is 1. The highest BCUT2D eigenvalue weighted by molar-refractivity contribution is 5.77. The molecule has 0 bridgehead atoms. The minimum atomic E-state index is -0.138. The van der Waals surface area contributed by atoms with Crippen LogP contribution in [-0.2, 0) is 11.2 Å². The van der Waals surface area contributed by atoms with E-state index >= 15 is 0 Å². The van der Waals surface area contributed by atoms with Crippen molar-refractivity contribution in [1.82, 2.24) is 5.32 Å². The lowest BCUT2D eigenvalue weighted by atomic mass is 10.0. The summed E-state index contributed by atoms with van der Waals surface area (Å²) in [5.74, 6) is 0.565. The zero-order chi connectivity index (χ0) is 12.7. The number of amides is 1. The van der Waals surface area contributed by atoms with Gasteiger partial charge in [0.15, 0.2) is 6.61 Å². The quantitative estimate of drug-likeness (QED) is 0.777. The lowest BCUT2D eigenvalue weighted by molar-refractivity contribution is -0.122. The molecule has 1 aromatic carbocycles. The van der Waals surface area contributed by atoms with Crippen LogP contribution in [0.2, 0.25) is 0 Å². The van der Waals surface area contributed by atoms with Gasteiger partial charge >= 0.3 is 0 Å². The van der Waals surface area contributed by atoms with E-state index in [1.165, 1.54) is 0 Å². The molecule has 0 radical (unpaired) electrons. The Labute approximate surface area is 102 Å². The van der Waals surface area contributed by atoms with Gasteiger partial charge in [0.2, 0.25) is 0 Å². The second-order valence-corrected chi connectivity index (χ2v) is 3.98. The van der Waals surface area contributed by atoms with E-state index in [4.69, 9.17) is 10.5 Å². The first kappa shape index (κ1) is 13.5. The maximum absolute atomic E-state index is 11.0. The molecule has 1 unspecified atom stereocenters. The van der Waals surface area contributed by atoms with Gasteiger partial charge in [0.1, 0.15) is 5.75 Å². The summed E-state index contributed by atoms with van der Waals surface area (Å²) in [6.07, 6.45) is 1.77. The predicted octanol–water partition coefficient (Wildman–Crippen LogP) is 1.09. The minimum absolute atomic E-state index is 0.0415. The molecular formula is C13H20N2O2. The molecule has 0 saturated heterocycles. The van der Waals surface area contributed by atoms with E-state index in [9.17, 15) is 4.79 Å². The fourth-order valence-corrected chi connectivity index (χ4v) is 1.43. The van der Waals surface area contributed by atoms with Crippen LogP contribution in [0.25, 0.3) is 0 Å². The third-order valence-corrected chi connectivity index (χ3v) is 2.57. The molecule has 17 heavy (non-hydrogen) atoms. The van der Waals surface area contributed by atoms with Gasteiger partial charge in [-0.3, -0.25) is 4.79 Å². The maximum atomic E-state index is 11.0. The van der Waals surface area contributed by atoms with Crippen molar-refractivity contribution in [3.05, 3.63) is 29.8 Å². The molecule has 0 aliphatic carbocycles. The molecule has 0 saturated carbocycles. The summed E-state index contributed by atoms with van der Waals surface area (Å²) in [5.41, 5.74) is 7.03. The van der Waals surface area contributed by atoms with Crippen LogP contribution in [0.1, 0.15) is 18.9 Å². The summed E-state index contributed by atoms with van der Waals surface area (Å²) in [4.78, 5) is 11.0. The first-order chi connectivity index (χ1) is 8.15. The van der Waals surface area contributed by atoms with E-state index in [2.05, 4.69) is 12.2 Å². The summed E-state index contributed by atoms with van der Waals surface area (Å²) in [5, 5.41) is 2.51. The summed E-state index contributed by atoms with van der Waals surface area (Å²) in [7, 11) is 1.59. The monoisotopic (exact) mass is 236 g/mol. The fraction of sp³-hybridized carbons (Fsp3) is 0.462. The van der Waals surface area contributed by atoms with Crippen molar-refractivity contribution in [2.24, 2.45) is 5.73 Å². The van der Waals surface area contributed by atoms with E-state index in [-0.39, 0.29) is 18.6 Å². The molecule has 0 aliphatic heterocycles. The largest absolute Gasteiger partial charge is 0.484 e. The minimum Gasteiger partial charge on any atom is -0.484 e. The first-order valence-electron chi connectivity index (χ1n) is 5.83. The van der Waals surface area contributed by atoms with E-state index in [1.807, 2.05) is 24.3 Å². The van der Waals surface area contributed by atoms with Gasteiger partial charge in [-0.25, -0.2) is 0 Å². The molecule has 1 rings (SSSR count).